The standard InChI is InChI=1S/C30H30N2O2.C10H15F3N2O2/c33-28(34)12-11-21-5-3-9-25-23(21)8-4-10-27(25)29-26-7-2-1-6-24(26)22(19-31-29)20-32-17-15-30(13-14-30)16-18-32;11-10(12,13)9(8(14)16)1-3-15(4-2-9)7-5-17-6-7/h1-10,19H,11-18,20H2,(H,33,34);7H,1-6H2,(H2,14,16). The van der Waals surface area contributed by atoms with Gasteiger partial charge in [-0.2, -0.15) is 13.2 Å². The number of carboxylic acid groups (broad SMARTS) is 1. The molecule has 1 saturated carbocycles. The minimum absolute atomic E-state index is 0.136. The van der Waals surface area contributed by atoms with E-state index in [1.54, 1.807) is 0 Å². The van der Waals surface area contributed by atoms with E-state index < -0.39 is 23.5 Å². The Morgan fingerprint density at radius 3 is 2.06 bits per heavy atom. The van der Waals surface area contributed by atoms with Gasteiger partial charge in [-0.05, 0) is 104 Å². The summed E-state index contributed by atoms with van der Waals surface area (Å²) in [6, 6.07) is 21.3. The van der Waals surface area contributed by atoms with Crippen molar-refractivity contribution < 1.29 is 32.6 Å². The van der Waals surface area contributed by atoms with Crippen LogP contribution in [0, 0.1) is 10.8 Å². The number of benzene rings is 3. The predicted molar refractivity (Wildman–Crippen MR) is 190 cm³/mol. The molecule has 8 rings (SSSR count). The van der Waals surface area contributed by atoms with Crippen LogP contribution in [-0.4, -0.2) is 83.4 Å². The number of carbonyl (C=O) groups excluding carboxylic acids is 1. The van der Waals surface area contributed by atoms with Gasteiger partial charge in [-0.15, -0.1) is 0 Å². The van der Waals surface area contributed by atoms with Gasteiger partial charge in [-0.1, -0.05) is 60.7 Å². The number of nitrogens with two attached hydrogens (primary N) is 1. The molecular weight excluding hydrogens is 657 g/mol. The summed E-state index contributed by atoms with van der Waals surface area (Å²) >= 11 is 0. The Morgan fingerprint density at radius 2 is 1.45 bits per heavy atom. The average molecular weight is 703 g/mol. The third-order valence-electron chi connectivity index (χ3n) is 11.8. The number of carbonyl (C=O) groups is 2. The second-order valence-electron chi connectivity index (χ2n) is 14.8. The Bertz CT molecular complexity index is 1910. The number of amides is 1. The van der Waals surface area contributed by atoms with E-state index in [2.05, 4.69) is 59.6 Å². The first-order chi connectivity index (χ1) is 24.5. The van der Waals surface area contributed by atoms with Crippen molar-refractivity contribution >= 4 is 33.4 Å². The number of ether oxygens (including phenoxy) is 1. The lowest BCUT2D eigenvalue weighted by atomic mass is 9.76. The van der Waals surface area contributed by atoms with E-state index in [0.717, 1.165) is 34.1 Å². The number of carboxylic acids is 1. The van der Waals surface area contributed by atoms with Crippen LogP contribution in [0.25, 0.3) is 32.8 Å². The van der Waals surface area contributed by atoms with Crippen molar-refractivity contribution in [2.24, 2.45) is 16.6 Å². The van der Waals surface area contributed by atoms with E-state index in [4.69, 9.17) is 20.6 Å². The largest absolute Gasteiger partial charge is 0.481 e. The summed E-state index contributed by atoms with van der Waals surface area (Å²) in [5.41, 5.74) is 7.78. The van der Waals surface area contributed by atoms with E-state index in [9.17, 15) is 22.8 Å². The van der Waals surface area contributed by atoms with Crippen LogP contribution in [0.5, 0.6) is 0 Å². The number of nitrogens with zero attached hydrogens (tertiary/aromatic N) is 3. The van der Waals surface area contributed by atoms with Crippen LogP contribution >= 0.6 is 0 Å². The van der Waals surface area contributed by atoms with Crippen LogP contribution in [0.1, 0.15) is 56.1 Å². The van der Waals surface area contributed by atoms with Crippen molar-refractivity contribution in [2.45, 2.75) is 70.1 Å². The first-order valence-electron chi connectivity index (χ1n) is 18.0. The Balaban J connectivity index is 0.000000201. The van der Waals surface area contributed by atoms with E-state index in [0.29, 0.717) is 25.0 Å². The van der Waals surface area contributed by atoms with Gasteiger partial charge in [0.1, 0.15) is 5.41 Å². The van der Waals surface area contributed by atoms with Crippen LogP contribution in [0.3, 0.4) is 0 Å². The number of aryl methyl sites for hydroxylation is 1. The fourth-order valence-electron chi connectivity index (χ4n) is 8.11. The molecule has 3 aromatic carbocycles. The van der Waals surface area contributed by atoms with Crippen LogP contribution in [0.15, 0.2) is 66.9 Å². The number of aliphatic carboxylic acids is 1. The molecule has 51 heavy (non-hydrogen) atoms. The van der Waals surface area contributed by atoms with Crippen LogP contribution in [0.4, 0.5) is 13.2 Å². The van der Waals surface area contributed by atoms with Crippen molar-refractivity contribution in [3.8, 4) is 11.3 Å². The number of fused-ring (bicyclic) bond motifs is 2. The number of alkyl halides is 3. The number of rotatable bonds is 8. The van der Waals surface area contributed by atoms with Gasteiger partial charge in [0.2, 0.25) is 5.91 Å². The number of pyridine rings is 1. The molecule has 0 atom stereocenters. The number of aromatic nitrogens is 1. The number of primary amides is 1. The molecule has 4 fully saturated rings. The lowest BCUT2D eigenvalue weighted by Crippen LogP contribution is -2.59. The average Bonchev–Trinajstić information content (AvgIpc) is 3.86. The number of hydrogen-bond acceptors (Lipinski definition) is 6. The van der Waals surface area contributed by atoms with Crippen LogP contribution < -0.4 is 5.73 Å². The molecule has 11 heteroatoms. The van der Waals surface area contributed by atoms with Crippen molar-refractivity contribution in [3.63, 3.8) is 0 Å². The number of halogens is 3. The summed E-state index contributed by atoms with van der Waals surface area (Å²) < 4.78 is 43.8. The zero-order chi connectivity index (χ0) is 35.8. The maximum absolute atomic E-state index is 12.9. The van der Waals surface area contributed by atoms with Crippen molar-refractivity contribution in [1.82, 2.24) is 14.8 Å². The minimum atomic E-state index is -4.55. The van der Waals surface area contributed by atoms with E-state index in [-0.39, 0.29) is 38.4 Å². The van der Waals surface area contributed by atoms with Gasteiger partial charge < -0.3 is 15.6 Å². The van der Waals surface area contributed by atoms with E-state index >= 15 is 0 Å². The van der Waals surface area contributed by atoms with Gasteiger partial charge in [0, 0.05) is 30.1 Å². The summed E-state index contributed by atoms with van der Waals surface area (Å²) in [6.45, 7) is 4.97. The highest BCUT2D eigenvalue weighted by Gasteiger charge is 2.60. The molecule has 0 unspecified atom stereocenters. The van der Waals surface area contributed by atoms with Crippen LogP contribution in [-0.2, 0) is 27.3 Å². The van der Waals surface area contributed by atoms with Crippen molar-refractivity contribution in [1.29, 1.82) is 0 Å². The van der Waals surface area contributed by atoms with E-state index in [1.807, 2.05) is 17.0 Å². The molecule has 0 bridgehead atoms. The summed E-state index contributed by atoms with van der Waals surface area (Å²) in [5.74, 6) is -2.02. The maximum Gasteiger partial charge on any atom is 0.403 e. The Hall–Kier alpha value is -4.06. The van der Waals surface area contributed by atoms with Gasteiger partial charge in [0.15, 0.2) is 0 Å². The smallest absolute Gasteiger partial charge is 0.403 e. The molecule has 3 aliphatic heterocycles. The van der Waals surface area contributed by atoms with Crippen LogP contribution in [0.2, 0.25) is 0 Å². The molecular formula is C40H45F3N4O4. The molecule has 4 aromatic rings. The molecule has 8 nitrogen and oxygen atoms in total. The molecule has 4 aliphatic rings. The Labute approximate surface area is 295 Å². The summed E-state index contributed by atoms with van der Waals surface area (Å²) in [5, 5.41) is 13.8. The second-order valence-corrected chi connectivity index (χ2v) is 14.8. The zero-order valence-electron chi connectivity index (χ0n) is 28.8. The highest BCUT2D eigenvalue weighted by molar-refractivity contribution is 6.05. The first-order valence-corrected chi connectivity index (χ1v) is 18.0. The predicted octanol–water partition coefficient (Wildman–Crippen LogP) is 6.96. The normalized spacial score (nSPS) is 20.5. The minimum Gasteiger partial charge on any atom is -0.481 e. The molecule has 1 spiro atoms. The molecule has 1 aromatic heterocycles. The molecule has 1 aliphatic carbocycles. The Morgan fingerprint density at radius 1 is 0.824 bits per heavy atom. The maximum atomic E-state index is 12.9. The second kappa shape index (κ2) is 14.2. The molecule has 3 saturated heterocycles. The summed E-state index contributed by atoms with van der Waals surface area (Å²) in [6.07, 6.45) is 3.24. The molecule has 3 N–H and O–H groups in total. The fourth-order valence-corrected chi connectivity index (χ4v) is 8.11. The quantitative estimate of drug-likeness (QED) is 0.204. The number of piperidine rings is 2. The van der Waals surface area contributed by atoms with Gasteiger partial charge in [0.05, 0.1) is 24.9 Å². The highest BCUT2D eigenvalue weighted by Crippen LogP contribution is 2.53. The van der Waals surface area contributed by atoms with Gasteiger partial charge in [0.25, 0.3) is 0 Å². The van der Waals surface area contributed by atoms with Gasteiger partial charge >= 0.3 is 12.1 Å². The third kappa shape index (κ3) is 7.21. The fraction of sp³-hybridized carbons (Fsp3) is 0.475. The summed E-state index contributed by atoms with van der Waals surface area (Å²) in [7, 11) is 0. The van der Waals surface area contributed by atoms with Gasteiger partial charge in [-0.3, -0.25) is 24.4 Å². The first kappa shape index (κ1) is 35.3. The van der Waals surface area contributed by atoms with Gasteiger partial charge in [-0.25, -0.2) is 0 Å². The molecule has 4 heterocycles. The van der Waals surface area contributed by atoms with E-state index in [1.165, 1.54) is 55.1 Å². The van der Waals surface area contributed by atoms with Crippen molar-refractivity contribution in [3.05, 3.63) is 78.0 Å². The molecule has 0 radical (unpaired) electrons. The van der Waals surface area contributed by atoms with Crippen molar-refractivity contribution in [2.75, 3.05) is 39.4 Å². The number of likely N-dealkylation sites (tertiary alicyclic amines) is 2. The summed E-state index contributed by atoms with van der Waals surface area (Å²) in [4.78, 5) is 31.8. The molecule has 1 amide bonds. The lowest BCUT2D eigenvalue weighted by Gasteiger charge is -2.45. The SMILES string of the molecule is NC(=O)C1(C(F)(F)F)CCN(C2COC2)CC1.O=C(O)CCc1cccc2c(-c3ncc(CN4CCC5(CC4)CC5)c4ccccc34)cccc12. The monoisotopic (exact) mass is 702 g/mol. The zero-order valence-corrected chi connectivity index (χ0v) is 28.8. The molecule has 270 valence electrons. The Kier molecular flexibility index (Phi) is 9.82. The highest BCUT2D eigenvalue weighted by atomic mass is 19.4. The number of hydrogen-bond donors (Lipinski definition) is 2. The topological polar surface area (TPSA) is 109 Å². The lowest BCUT2D eigenvalue weighted by molar-refractivity contribution is -0.234. The third-order valence-corrected chi connectivity index (χ3v) is 11.8.